The number of thioether (sulfide) groups is 1. The lowest BCUT2D eigenvalue weighted by Crippen LogP contribution is -2.08. The topological polar surface area (TPSA) is 43.9 Å². The highest BCUT2D eigenvalue weighted by molar-refractivity contribution is 8.00. The van der Waals surface area contributed by atoms with Crippen LogP contribution in [0.5, 0.6) is 0 Å². The lowest BCUT2D eigenvalue weighted by atomic mass is 10.2. The molecule has 1 unspecified atom stereocenters. The van der Waals surface area contributed by atoms with E-state index in [0.717, 1.165) is 29.3 Å². The fourth-order valence-electron chi connectivity index (χ4n) is 2.73. The molecule has 0 saturated carbocycles. The Balaban J connectivity index is 1.83. The molecule has 0 aliphatic carbocycles. The van der Waals surface area contributed by atoms with Gasteiger partial charge in [0, 0.05) is 23.9 Å². The third kappa shape index (κ3) is 2.02. The molecule has 1 atom stereocenters. The average molecular weight is 285 g/mol. The van der Waals surface area contributed by atoms with Crippen molar-refractivity contribution >= 4 is 22.9 Å². The molecule has 0 spiro atoms. The van der Waals surface area contributed by atoms with Gasteiger partial charge in [-0.1, -0.05) is 0 Å². The highest BCUT2D eigenvalue weighted by atomic mass is 32.2. The van der Waals surface area contributed by atoms with Crippen molar-refractivity contribution < 1.29 is 4.42 Å². The summed E-state index contributed by atoms with van der Waals surface area (Å²) in [6.07, 6.45) is 7.06. The summed E-state index contributed by atoms with van der Waals surface area (Å²) in [5.74, 6) is 3.11. The SMILES string of the molecule is c1coc(-n2c(CC3CCCS3)nc3cccnc32)c1. The number of hydrogen-bond donors (Lipinski definition) is 0. The van der Waals surface area contributed by atoms with E-state index in [9.17, 15) is 0 Å². The van der Waals surface area contributed by atoms with Crippen molar-refractivity contribution in [3.8, 4) is 5.88 Å². The lowest BCUT2D eigenvalue weighted by Gasteiger charge is -2.09. The summed E-state index contributed by atoms with van der Waals surface area (Å²) in [7, 11) is 0. The Hall–Kier alpha value is -1.75. The normalized spacial score (nSPS) is 18.9. The van der Waals surface area contributed by atoms with Crippen molar-refractivity contribution in [1.29, 1.82) is 0 Å². The first-order valence-corrected chi connectivity index (χ1v) is 7.94. The molecule has 5 heteroatoms. The van der Waals surface area contributed by atoms with Crippen molar-refractivity contribution in [3.05, 3.63) is 42.5 Å². The summed E-state index contributed by atoms with van der Waals surface area (Å²) in [4.78, 5) is 9.23. The van der Waals surface area contributed by atoms with Crippen molar-refractivity contribution in [2.45, 2.75) is 24.5 Å². The van der Waals surface area contributed by atoms with Crippen LogP contribution in [0.25, 0.3) is 17.0 Å². The molecule has 0 N–H and O–H groups in total. The van der Waals surface area contributed by atoms with Gasteiger partial charge in [-0.15, -0.1) is 0 Å². The summed E-state index contributed by atoms with van der Waals surface area (Å²) in [5.41, 5.74) is 1.81. The van der Waals surface area contributed by atoms with Crippen LogP contribution in [0.3, 0.4) is 0 Å². The lowest BCUT2D eigenvalue weighted by molar-refractivity contribution is 0.534. The molecule has 0 bridgehead atoms. The van der Waals surface area contributed by atoms with Crippen molar-refractivity contribution in [1.82, 2.24) is 14.5 Å². The average Bonchev–Trinajstić information content (AvgIpc) is 3.18. The third-order valence-corrected chi connectivity index (χ3v) is 5.04. The molecule has 20 heavy (non-hydrogen) atoms. The van der Waals surface area contributed by atoms with E-state index in [-0.39, 0.29) is 0 Å². The number of rotatable bonds is 3. The standard InChI is InChI=1S/C15H15N3OS/c1-5-12-15(16-7-1)18(14-6-2-8-19-14)13(17-12)10-11-4-3-9-20-11/h1-2,5-8,11H,3-4,9-10H2. The zero-order valence-corrected chi connectivity index (χ0v) is 11.8. The van der Waals surface area contributed by atoms with Crippen LogP contribution in [0, 0.1) is 0 Å². The second-order valence-electron chi connectivity index (χ2n) is 5.00. The smallest absolute Gasteiger partial charge is 0.206 e. The summed E-state index contributed by atoms with van der Waals surface area (Å²) in [6.45, 7) is 0. The molecule has 4 rings (SSSR count). The highest BCUT2D eigenvalue weighted by Crippen LogP contribution is 2.30. The predicted octanol–water partition coefficient (Wildman–Crippen LogP) is 3.45. The number of pyridine rings is 1. The first kappa shape index (κ1) is 12.0. The Morgan fingerprint density at radius 2 is 2.35 bits per heavy atom. The van der Waals surface area contributed by atoms with Gasteiger partial charge in [0.2, 0.25) is 5.88 Å². The largest absolute Gasteiger partial charge is 0.448 e. The van der Waals surface area contributed by atoms with E-state index >= 15 is 0 Å². The molecule has 1 aliphatic heterocycles. The van der Waals surface area contributed by atoms with E-state index in [1.807, 2.05) is 40.6 Å². The van der Waals surface area contributed by atoms with Crippen LogP contribution in [0.15, 0.2) is 41.1 Å². The molecule has 1 fully saturated rings. The zero-order valence-electron chi connectivity index (χ0n) is 11.0. The number of furan rings is 1. The fraction of sp³-hybridized carbons (Fsp3) is 0.333. The number of nitrogens with zero attached hydrogens (tertiary/aromatic N) is 3. The molecular weight excluding hydrogens is 270 g/mol. The van der Waals surface area contributed by atoms with Gasteiger partial charge in [0.05, 0.1) is 6.26 Å². The van der Waals surface area contributed by atoms with E-state index < -0.39 is 0 Å². The summed E-state index contributed by atoms with van der Waals surface area (Å²) in [6, 6.07) is 7.79. The van der Waals surface area contributed by atoms with E-state index in [4.69, 9.17) is 9.40 Å². The minimum absolute atomic E-state index is 0.667. The van der Waals surface area contributed by atoms with E-state index in [0.29, 0.717) is 5.25 Å². The first-order valence-electron chi connectivity index (χ1n) is 6.89. The molecule has 0 aromatic carbocycles. The molecule has 1 aliphatic rings. The van der Waals surface area contributed by atoms with Gasteiger partial charge in [-0.2, -0.15) is 11.8 Å². The van der Waals surface area contributed by atoms with E-state index in [2.05, 4.69) is 4.98 Å². The molecular formula is C15H15N3OS. The van der Waals surface area contributed by atoms with Gasteiger partial charge < -0.3 is 4.42 Å². The van der Waals surface area contributed by atoms with E-state index in [1.165, 1.54) is 18.6 Å². The summed E-state index contributed by atoms with van der Waals surface area (Å²) >= 11 is 2.05. The summed E-state index contributed by atoms with van der Waals surface area (Å²) < 4.78 is 7.62. The van der Waals surface area contributed by atoms with Crippen LogP contribution in [0.4, 0.5) is 0 Å². The number of imidazole rings is 1. The quantitative estimate of drug-likeness (QED) is 0.739. The number of aromatic nitrogens is 3. The number of hydrogen-bond acceptors (Lipinski definition) is 4. The minimum atomic E-state index is 0.667. The van der Waals surface area contributed by atoms with Crippen LogP contribution in [-0.4, -0.2) is 25.5 Å². The van der Waals surface area contributed by atoms with E-state index in [1.54, 1.807) is 12.5 Å². The van der Waals surface area contributed by atoms with Crippen molar-refractivity contribution in [2.75, 3.05) is 5.75 Å². The first-order chi connectivity index (χ1) is 9.92. The second-order valence-corrected chi connectivity index (χ2v) is 6.41. The Bertz CT molecular complexity index is 714. The van der Waals surface area contributed by atoms with Gasteiger partial charge in [-0.05, 0) is 36.8 Å². The summed E-state index contributed by atoms with van der Waals surface area (Å²) in [5, 5.41) is 0.667. The third-order valence-electron chi connectivity index (χ3n) is 3.65. The monoisotopic (exact) mass is 285 g/mol. The molecule has 3 aromatic rings. The van der Waals surface area contributed by atoms with Gasteiger partial charge in [0.25, 0.3) is 0 Å². The Labute approximate surface area is 121 Å². The van der Waals surface area contributed by atoms with Gasteiger partial charge in [-0.3, -0.25) is 0 Å². The minimum Gasteiger partial charge on any atom is -0.448 e. The Morgan fingerprint density at radius 3 is 3.15 bits per heavy atom. The van der Waals surface area contributed by atoms with Gasteiger partial charge in [0.1, 0.15) is 11.3 Å². The van der Waals surface area contributed by atoms with Crippen molar-refractivity contribution in [3.63, 3.8) is 0 Å². The molecule has 1 saturated heterocycles. The molecule has 4 heterocycles. The Morgan fingerprint density at radius 1 is 1.35 bits per heavy atom. The maximum atomic E-state index is 5.57. The maximum Gasteiger partial charge on any atom is 0.206 e. The van der Waals surface area contributed by atoms with Gasteiger partial charge in [-0.25, -0.2) is 14.5 Å². The van der Waals surface area contributed by atoms with Gasteiger partial charge in [0.15, 0.2) is 5.65 Å². The Kier molecular flexibility index (Phi) is 2.99. The fourth-order valence-corrected chi connectivity index (χ4v) is 4.00. The van der Waals surface area contributed by atoms with Crippen LogP contribution >= 0.6 is 11.8 Å². The zero-order chi connectivity index (χ0) is 13.4. The maximum absolute atomic E-state index is 5.57. The second kappa shape index (κ2) is 4.98. The van der Waals surface area contributed by atoms with Crippen LogP contribution in [-0.2, 0) is 6.42 Å². The highest BCUT2D eigenvalue weighted by Gasteiger charge is 2.21. The van der Waals surface area contributed by atoms with Crippen molar-refractivity contribution in [2.24, 2.45) is 0 Å². The molecule has 0 radical (unpaired) electrons. The van der Waals surface area contributed by atoms with Crippen LogP contribution in [0.1, 0.15) is 18.7 Å². The predicted molar refractivity (Wildman–Crippen MR) is 80.3 cm³/mol. The number of fused-ring (bicyclic) bond motifs is 1. The molecule has 3 aromatic heterocycles. The molecule has 4 nitrogen and oxygen atoms in total. The van der Waals surface area contributed by atoms with Crippen LogP contribution in [0.2, 0.25) is 0 Å². The van der Waals surface area contributed by atoms with Crippen LogP contribution < -0.4 is 0 Å². The molecule has 102 valence electrons. The molecule has 0 amide bonds. The van der Waals surface area contributed by atoms with Gasteiger partial charge >= 0.3 is 0 Å².